The highest BCUT2D eigenvalue weighted by Crippen LogP contribution is 2.25. The summed E-state index contributed by atoms with van der Waals surface area (Å²) in [6, 6.07) is 25.4. The third-order valence-electron chi connectivity index (χ3n) is 9.44. The Morgan fingerprint density at radius 3 is 1.83 bits per heavy atom. The predicted octanol–water partition coefficient (Wildman–Crippen LogP) is 4.86. The van der Waals surface area contributed by atoms with Crippen LogP contribution in [0.3, 0.4) is 0 Å². The summed E-state index contributed by atoms with van der Waals surface area (Å²) in [4.78, 5) is 26.0. The van der Waals surface area contributed by atoms with Crippen LogP contribution in [-0.4, -0.2) is 62.9 Å². The monoisotopic (exact) mass is 708 g/mol. The van der Waals surface area contributed by atoms with Gasteiger partial charge in [0.05, 0.1) is 79.8 Å². The molecular formula is C39H36N10O4. The first kappa shape index (κ1) is 33.2. The molecule has 0 unspecified atom stereocenters. The van der Waals surface area contributed by atoms with Crippen LogP contribution in [0.1, 0.15) is 16.7 Å². The SMILES string of the molecule is COc1cccc(Cn2ncc3c4[nH]ncc4n(C)c3c2=O)c1.COc1cccc(Cn2ncc3c4nn(Cc5ccccc5)cc4n(C)c3c2=O)c1. The van der Waals surface area contributed by atoms with E-state index in [-0.39, 0.29) is 11.1 Å². The zero-order valence-corrected chi connectivity index (χ0v) is 29.6. The summed E-state index contributed by atoms with van der Waals surface area (Å²) >= 11 is 0. The molecule has 0 aliphatic rings. The second kappa shape index (κ2) is 13.6. The van der Waals surface area contributed by atoms with Crippen molar-refractivity contribution in [3.8, 4) is 11.5 Å². The highest BCUT2D eigenvalue weighted by Gasteiger charge is 2.18. The van der Waals surface area contributed by atoms with Crippen molar-refractivity contribution < 1.29 is 9.47 Å². The summed E-state index contributed by atoms with van der Waals surface area (Å²) in [5, 5.41) is 21.9. The van der Waals surface area contributed by atoms with Gasteiger partial charge in [0.15, 0.2) is 0 Å². The first-order valence-electron chi connectivity index (χ1n) is 16.9. The van der Waals surface area contributed by atoms with E-state index in [9.17, 15) is 9.59 Å². The molecule has 9 rings (SSSR count). The second-order valence-electron chi connectivity index (χ2n) is 12.7. The number of hydrogen-bond donors (Lipinski definition) is 1. The smallest absolute Gasteiger partial charge is 0.291 e. The first-order chi connectivity index (χ1) is 25.8. The Morgan fingerprint density at radius 1 is 0.642 bits per heavy atom. The number of rotatable bonds is 8. The maximum Gasteiger partial charge on any atom is 0.291 e. The van der Waals surface area contributed by atoms with Crippen molar-refractivity contribution in [2.24, 2.45) is 14.1 Å². The molecule has 266 valence electrons. The van der Waals surface area contributed by atoms with Crippen LogP contribution < -0.4 is 20.6 Å². The lowest BCUT2D eigenvalue weighted by molar-refractivity contribution is 0.414. The molecule has 6 heterocycles. The van der Waals surface area contributed by atoms with Crippen molar-refractivity contribution in [2.75, 3.05) is 14.2 Å². The van der Waals surface area contributed by atoms with Gasteiger partial charge in [0, 0.05) is 20.3 Å². The van der Waals surface area contributed by atoms with Crippen molar-refractivity contribution in [2.45, 2.75) is 19.6 Å². The summed E-state index contributed by atoms with van der Waals surface area (Å²) in [5.74, 6) is 1.52. The van der Waals surface area contributed by atoms with Crippen LogP contribution in [0.2, 0.25) is 0 Å². The number of nitrogens with one attached hydrogen (secondary N) is 1. The molecule has 0 fully saturated rings. The Bertz CT molecular complexity index is 2880. The summed E-state index contributed by atoms with van der Waals surface area (Å²) in [6.45, 7) is 1.45. The van der Waals surface area contributed by atoms with Gasteiger partial charge in [-0.3, -0.25) is 19.4 Å². The molecule has 0 aliphatic heterocycles. The molecule has 1 N–H and O–H groups in total. The minimum Gasteiger partial charge on any atom is -0.497 e. The molecule has 14 heteroatoms. The number of nitrogens with zero attached hydrogens (tertiary/aromatic N) is 9. The summed E-state index contributed by atoms with van der Waals surface area (Å²) in [5.41, 5.74) is 7.48. The zero-order chi connectivity index (χ0) is 36.6. The van der Waals surface area contributed by atoms with Crippen LogP contribution >= 0.6 is 0 Å². The standard InChI is InChI=1S/C23H21N5O2.C16H15N5O2/c1-26-20-15-27(13-16-7-4-3-5-8-16)25-21(20)19-12-24-28(23(29)22(19)26)14-17-9-6-10-18(11-17)30-2;1-20-13-8-17-19-14(13)12-7-18-21(16(22)15(12)20)9-10-4-3-5-11(6-10)23-2/h3-12,15H,13-14H2,1-2H3;3-8H,9H2,1-2H3,(H,17,19). The fraction of sp³-hybridized carbons (Fsp3) is 0.179. The lowest BCUT2D eigenvalue weighted by atomic mass is 10.2. The van der Waals surface area contributed by atoms with Gasteiger partial charge in [-0.2, -0.15) is 20.4 Å². The van der Waals surface area contributed by atoms with E-state index in [2.05, 4.69) is 32.5 Å². The number of aromatic amines is 1. The molecule has 0 bridgehead atoms. The van der Waals surface area contributed by atoms with Crippen molar-refractivity contribution in [1.29, 1.82) is 0 Å². The van der Waals surface area contributed by atoms with Gasteiger partial charge < -0.3 is 18.6 Å². The van der Waals surface area contributed by atoms with Crippen LogP contribution in [0.25, 0.3) is 43.9 Å². The number of aryl methyl sites for hydroxylation is 2. The van der Waals surface area contributed by atoms with Gasteiger partial charge in [0.2, 0.25) is 0 Å². The Hall–Kier alpha value is -6.96. The summed E-state index contributed by atoms with van der Waals surface area (Å²) < 4.78 is 19.1. The molecule has 0 aliphatic carbocycles. The van der Waals surface area contributed by atoms with E-state index >= 15 is 0 Å². The van der Waals surface area contributed by atoms with Gasteiger partial charge in [-0.15, -0.1) is 0 Å². The molecule has 0 saturated carbocycles. The molecule has 6 aromatic heterocycles. The normalized spacial score (nSPS) is 11.4. The van der Waals surface area contributed by atoms with E-state index in [1.165, 1.54) is 14.9 Å². The van der Waals surface area contributed by atoms with Crippen LogP contribution in [0.4, 0.5) is 0 Å². The molecule has 0 atom stereocenters. The summed E-state index contributed by atoms with van der Waals surface area (Å²) in [7, 11) is 7.01. The first-order valence-corrected chi connectivity index (χ1v) is 16.9. The second-order valence-corrected chi connectivity index (χ2v) is 12.7. The van der Waals surface area contributed by atoms with Crippen LogP contribution in [0.5, 0.6) is 11.5 Å². The third kappa shape index (κ3) is 6.09. The van der Waals surface area contributed by atoms with Crippen LogP contribution in [0.15, 0.2) is 113 Å². The van der Waals surface area contributed by atoms with E-state index in [1.807, 2.05) is 101 Å². The molecule has 0 amide bonds. The van der Waals surface area contributed by atoms with Crippen molar-refractivity contribution in [3.63, 3.8) is 0 Å². The average Bonchev–Trinajstić information content (AvgIpc) is 3.95. The number of aromatic nitrogens is 10. The Labute approximate surface area is 302 Å². The third-order valence-corrected chi connectivity index (χ3v) is 9.44. The number of benzene rings is 3. The van der Waals surface area contributed by atoms with Gasteiger partial charge in [-0.05, 0) is 41.0 Å². The molecule has 3 aromatic carbocycles. The number of ether oxygens (including phenoxy) is 2. The summed E-state index contributed by atoms with van der Waals surface area (Å²) in [6.07, 6.45) is 7.13. The number of H-pyrrole nitrogens is 1. The lowest BCUT2D eigenvalue weighted by Gasteiger charge is -2.07. The predicted molar refractivity (Wildman–Crippen MR) is 203 cm³/mol. The number of methoxy groups -OCH3 is 2. The van der Waals surface area contributed by atoms with E-state index in [4.69, 9.17) is 14.6 Å². The van der Waals surface area contributed by atoms with Crippen molar-refractivity contribution >= 4 is 43.9 Å². The number of hydrogen-bond acceptors (Lipinski definition) is 8. The molecular weight excluding hydrogens is 672 g/mol. The topological polar surface area (TPSA) is 145 Å². The molecule has 0 radical (unpaired) electrons. The van der Waals surface area contributed by atoms with E-state index in [0.29, 0.717) is 30.7 Å². The minimum atomic E-state index is -0.134. The average molecular weight is 709 g/mol. The molecule has 14 nitrogen and oxygen atoms in total. The Morgan fingerprint density at radius 2 is 1.21 bits per heavy atom. The lowest BCUT2D eigenvalue weighted by Crippen LogP contribution is -2.24. The van der Waals surface area contributed by atoms with Gasteiger partial charge in [0.1, 0.15) is 28.0 Å². The largest absolute Gasteiger partial charge is 0.497 e. The highest BCUT2D eigenvalue weighted by molar-refractivity contribution is 6.05. The maximum atomic E-state index is 13.2. The quantitative estimate of drug-likeness (QED) is 0.236. The highest BCUT2D eigenvalue weighted by atomic mass is 16.5. The van der Waals surface area contributed by atoms with Gasteiger partial charge in [-0.25, -0.2) is 9.36 Å². The van der Waals surface area contributed by atoms with E-state index in [1.54, 1.807) is 32.8 Å². The fourth-order valence-electron chi connectivity index (χ4n) is 6.75. The van der Waals surface area contributed by atoms with Crippen LogP contribution in [-0.2, 0) is 33.7 Å². The Kier molecular flexibility index (Phi) is 8.54. The Balaban J connectivity index is 0.000000156. The maximum absolute atomic E-state index is 13.2. The minimum absolute atomic E-state index is 0.127. The van der Waals surface area contributed by atoms with Crippen molar-refractivity contribution in [3.05, 3.63) is 141 Å². The molecule has 9 aromatic rings. The molecule has 53 heavy (non-hydrogen) atoms. The van der Waals surface area contributed by atoms with E-state index in [0.717, 1.165) is 55.5 Å². The van der Waals surface area contributed by atoms with Gasteiger partial charge >= 0.3 is 0 Å². The zero-order valence-electron chi connectivity index (χ0n) is 29.6. The van der Waals surface area contributed by atoms with Gasteiger partial charge in [-0.1, -0.05) is 54.6 Å². The van der Waals surface area contributed by atoms with Gasteiger partial charge in [0.25, 0.3) is 11.1 Å². The van der Waals surface area contributed by atoms with E-state index < -0.39 is 0 Å². The number of fused-ring (bicyclic) bond motifs is 6. The molecule has 0 saturated heterocycles. The fourth-order valence-corrected chi connectivity index (χ4v) is 6.75. The van der Waals surface area contributed by atoms with Crippen LogP contribution in [0, 0.1) is 0 Å². The molecule has 0 spiro atoms. The van der Waals surface area contributed by atoms with Crippen molar-refractivity contribution in [1.82, 2.24) is 48.7 Å².